The van der Waals surface area contributed by atoms with E-state index in [2.05, 4.69) is 23.4 Å². The fraction of sp³-hybridized carbons (Fsp3) is 0.722. The number of nitrogens with zero attached hydrogens (tertiary/aromatic N) is 4. The van der Waals surface area contributed by atoms with Crippen LogP contribution in [0.5, 0.6) is 0 Å². The third kappa shape index (κ3) is 4.16. The molecule has 2 rings (SSSR count). The van der Waals surface area contributed by atoms with E-state index in [9.17, 15) is 9.59 Å². The van der Waals surface area contributed by atoms with Crippen molar-refractivity contribution in [2.75, 3.05) is 19.6 Å². The molecule has 0 bridgehead atoms. The summed E-state index contributed by atoms with van der Waals surface area (Å²) in [5.41, 5.74) is 0. The maximum absolute atomic E-state index is 12.5. The molecule has 1 aliphatic rings. The Kier molecular flexibility index (Phi) is 6.40. The quantitative estimate of drug-likeness (QED) is 0.767. The molecule has 0 radical (unpaired) electrons. The molecule has 1 atom stereocenters. The monoisotopic (exact) mass is 334 g/mol. The van der Waals surface area contributed by atoms with Gasteiger partial charge < -0.3 is 14.4 Å². The molecule has 0 aliphatic carbocycles. The maximum Gasteiger partial charge on any atom is 0.225 e. The van der Waals surface area contributed by atoms with Gasteiger partial charge >= 0.3 is 0 Å². The van der Waals surface area contributed by atoms with Crippen LogP contribution in [0, 0.1) is 12.8 Å². The maximum atomic E-state index is 12.5. The second-order valence-corrected chi connectivity index (χ2v) is 6.62. The first kappa shape index (κ1) is 18.5. The number of carbonyl (C=O) groups excluding carboxylic acids is 2. The molecule has 1 fully saturated rings. The number of imidazole rings is 1. The summed E-state index contributed by atoms with van der Waals surface area (Å²) in [5, 5.41) is 0. The van der Waals surface area contributed by atoms with Gasteiger partial charge in [0.25, 0.3) is 0 Å². The standard InChI is InChI=1S/C18H30N4O2/c1-5-16(6-2)18(24)21-9-7-17(13-21)22(15(4)23)12-11-20-10-8-19-14(20)3/h8,10,16-17H,5-7,9,11-13H2,1-4H3. The number of amides is 2. The Morgan fingerprint density at radius 1 is 1.38 bits per heavy atom. The molecule has 2 heterocycles. The zero-order valence-electron chi connectivity index (χ0n) is 15.4. The van der Waals surface area contributed by atoms with Crippen molar-refractivity contribution in [3.05, 3.63) is 18.2 Å². The van der Waals surface area contributed by atoms with Crippen LogP contribution in [0.3, 0.4) is 0 Å². The molecule has 0 aromatic carbocycles. The van der Waals surface area contributed by atoms with E-state index in [4.69, 9.17) is 0 Å². The van der Waals surface area contributed by atoms with Crippen molar-refractivity contribution in [3.8, 4) is 0 Å². The summed E-state index contributed by atoms with van der Waals surface area (Å²) < 4.78 is 2.05. The summed E-state index contributed by atoms with van der Waals surface area (Å²) in [7, 11) is 0. The number of rotatable bonds is 7. The van der Waals surface area contributed by atoms with Crippen LogP contribution in [-0.2, 0) is 16.1 Å². The highest BCUT2D eigenvalue weighted by Gasteiger charge is 2.33. The molecule has 1 aromatic rings. The Morgan fingerprint density at radius 2 is 2.08 bits per heavy atom. The predicted molar refractivity (Wildman–Crippen MR) is 93.4 cm³/mol. The van der Waals surface area contributed by atoms with E-state index >= 15 is 0 Å². The van der Waals surface area contributed by atoms with Gasteiger partial charge in [0.05, 0.1) is 6.04 Å². The van der Waals surface area contributed by atoms with Gasteiger partial charge in [-0.2, -0.15) is 0 Å². The van der Waals surface area contributed by atoms with E-state index in [1.807, 2.05) is 22.9 Å². The highest BCUT2D eigenvalue weighted by atomic mass is 16.2. The minimum Gasteiger partial charge on any atom is -0.340 e. The van der Waals surface area contributed by atoms with Crippen molar-refractivity contribution in [1.82, 2.24) is 19.4 Å². The number of likely N-dealkylation sites (tertiary alicyclic amines) is 1. The average molecular weight is 334 g/mol. The van der Waals surface area contributed by atoms with Gasteiger partial charge in [-0.25, -0.2) is 4.98 Å². The van der Waals surface area contributed by atoms with E-state index in [1.165, 1.54) is 0 Å². The van der Waals surface area contributed by atoms with Gasteiger partial charge in [-0.05, 0) is 26.2 Å². The molecule has 1 aromatic heterocycles. The van der Waals surface area contributed by atoms with Crippen molar-refractivity contribution in [2.45, 2.75) is 59.5 Å². The zero-order chi connectivity index (χ0) is 17.7. The first-order chi connectivity index (χ1) is 11.5. The number of hydrogen-bond acceptors (Lipinski definition) is 3. The van der Waals surface area contributed by atoms with Crippen LogP contribution in [-0.4, -0.2) is 56.8 Å². The van der Waals surface area contributed by atoms with E-state index < -0.39 is 0 Å². The molecule has 1 unspecified atom stereocenters. The van der Waals surface area contributed by atoms with Crippen molar-refractivity contribution in [1.29, 1.82) is 0 Å². The van der Waals surface area contributed by atoms with Crippen molar-refractivity contribution >= 4 is 11.8 Å². The third-order valence-corrected chi connectivity index (χ3v) is 5.16. The lowest BCUT2D eigenvalue weighted by Gasteiger charge is -2.29. The lowest BCUT2D eigenvalue weighted by atomic mass is 10.0. The summed E-state index contributed by atoms with van der Waals surface area (Å²) in [6.45, 7) is 10.5. The molecule has 0 spiro atoms. The molecule has 6 heteroatoms. The van der Waals surface area contributed by atoms with Crippen molar-refractivity contribution < 1.29 is 9.59 Å². The molecular formula is C18H30N4O2. The predicted octanol–water partition coefficient (Wildman–Crippen LogP) is 2.08. The molecule has 0 N–H and O–H groups in total. The number of hydrogen-bond donors (Lipinski definition) is 0. The van der Waals surface area contributed by atoms with Gasteiger partial charge in [0, 0.05) is 51.4 Å². The second-order valence-electron chi connectivity index (χ2n) is 6.62. The van der Waals surface area contributed by atoms with Crippen LogP contribution in [0.25, 0.3) is 0 Å². The molecule has 24 heavy (non-hydrogen) atoms. The van der Waals surface area contributed by atoms with Crippen LogP contribution in [0.1, 0.15) is 45.9 Å². The molecule has 6 nitrogen and oxygen atoms in total. The topological polar surface area (TPSA) is 58.4 Å². The molecule has 0 saturated carbocycles. The molecule has 1 aliphatic heterocycles. The van der Waals surface area contributed by atoms with Gasteiger partial charge in [-0.15, -0.1) is 0 Å². The first-order valence-corrected chi connectivity index (χ1v) is 9.01. The molecule has 2 amide bonds. The summed E-state index contributed by atoms with van der Waals surface area (Å²) in [4.78, 5) is 32.7. The fourth-order valence-electron chi connectivity index (χ4n) is 3.55. The molecular weight excluding hydrogens is 304 g/mol. The summed E-state index contributed by atoms with van der Waals surface area (Å²) in [6.07, 6.45) is 6.35. The Labute approximate surface area is 144 Å². The lowest BCUT2D eigenvalue weighted by Crippen LogP contribution is -2.44. The smallest absolute Gasteiger partial charge is 0.225 e. The normalized spacial score (nSPS) is 17.5. The van der Waals surface area contributed by atoms with Crippen LogP contribution in [0.4, 0.5) is 0 Å². The van der Waals surface area contributed by atoms with Crippen LogP contribution >= 0.6 is 0 Å². The highest BCUT2D eigenvalue weighted by molar-refractivity contribution is 5.79. The van der Waals surface area contributed by atoms with Gasteiger partial charge in [-0.3, -0.25) is 9.59 Å². The lowest BCUT2D eigenvalue weighted by molar-refractivity contribution is -0.136. The third-order valence-electron chi connectivity index (χ3n) is 5.16. The Balaban J connectivity index is 1.96. The van der Waals surface area contributed by atoms with E-state index in [0.29, 0.717) is 13.1 Å². The van der Waals surface area contributed by atoms with Crippen molar-refractivity contribution in [3.63, 3.8) is 0 Å². The number of carbonyl (C=O) groups is 2. The zero-order valence-corrected chi connectivity index (χ0v) is 15.4. The number of aromatic nitrogens is 2. The summed E-state index contributed by atoms with van der Waals surface area (Å²) >= 11 is 0. The van der Waals surface area contributed by atoms with Gasteiger partial charge in [0.15, 0.2) is 0 Å². The van der Waals surface area contributed by atoms with Crippen LogP contribution < -0.4 is 0 Å². The number of aryl methyl sites for hydroxylation is 1. The van der Waals surface area contributed by atoms with E-state index in [1.54, 1.807) is 13.1 Å². The Morgan fingerprint density at radius 3 is 2.62 bits per heavy atom. The second kappa shape index (κ2) is 8.31. The van der Waals surface area contributed by atoms with Crippen LogP contribution in [0.2, 0.25) is 0 Å². The Hall–Kier alpha value is -1.85. The average Bonchev–Trinajstić information content (AvgIpc) is 3.18. The van der Waals surface area contributed by atoms with E-state index in [-0.39, 0.29) is 23.8 Å². The molecule has 134 valence electrons. The van der Waals surface area contributed by atoms with Gasteiger partial charge in [0.2, 0.25) is 11.8 Å². The summed E-state index contributed by atoms with van der Waals surface area (Å²) in [5.74, 6) is 1.39. The summed E-state index contributed by atoms with van der Waals surface area (Å²) in [6, 6.07) is 0.129. The van der Waals surface area contributed by atoms with E-state index in [0.717, 1.165) is 38.2 Å². The van der Waals surface area contributed by atoms with Gasteiger partial charge in [0.1, 0.15) is 5.82 Å². The van der Waals surface area contributed by atoms with Gasteiger partial charge in [-0.1, -0.05) is 13.8 Å². The SMILES string of the molecule is CCC(CC)C(=O)N1CCC(N(CCn2ccnc2C)C(C)=O)C1. The van der Waals surface area contributed by atoms with Crippen molar-refractivity contribution in [2.24, 2.45) is 5.92 Å². The first-order valence-electron chi connectivity index (χ1n) is 9.01. The largest absolute Gasteiger partial charge is 0.340 e. The Bertz CT molecular complexity index is 565. The fourth-order valence-corrected chi connectivity index (χ4v) is 3.55. The minimum absolute atomic E-state index is 0.0783. The molecule has 1 saturated heterocycles. The van der Waals surface area contributed by atoms with Crippen LogP contribution in [0.15, 0.2) is 12.4 Å². The minimum atomic E-state index is 0.0783. The highest BCUT2D eigenvalue weighted by Crippen LogP contribution is 2.21.